The predicted molar refractivity (Wildman–Crippen MR) is 96.6 cm³/mol. The van der Waals surface area contributed by atoms with E-state index in [1.807, 2.05) is 18.4 Å². The normalized spacial score (nSPS) is 20.5. The van der Waals surface area contributed by atoms with Crippen molar-refractivity contribution in [1.29, 1.82) is 0 Å². The lowest BCUT2D eigenvalue weighted by molar-refractivity contribution is 0.158. The average molecular weight is 360 g/mol. The first kappa shape index (κ1) is 18.9. The van der Waals surface area contributed by atoms with Gasteiger partial charge in [-0.05, 0) is 77.4 Å². The van der Waals surface area contributed by atoms with Crippen LogP contribution in [0.15, 0.2) is 15.7 Å². The minimum Gasteiger partial charge on any atom is -0.309 e. The summed E-state index contributed by atoms with van der Waals surface area (Å²) in [6.45, 7) is 5.19. The number of rotatable bonds is 7. The fraction of sp³-hybridized carbons (Fsp3) is 0.750. The van der Waals surface area contributed by atoms with Crippen LogP contribution >= 0.6 is 11.3 Å². The number of sulfonamides is 1. The third kappa shape index (κ3) is 4.76. The van der Waals surface area contributed by atoms with Crippen LogP contribution in [-0.2, 0) is 10.0 Å². The number of likely N-dealkylation sites (N-methyl/N-ethyl adjacent to an activating group) is 1. The molecule has 2 rings (SSSR count). The summed E-state index contributed by atoms with van der Waals surface area (Å²) in [5.74, 6) is 0. The Hall–Kier alpha value is -0.470. The minimum absolute atomic E-state index is 0.320. The molecule has 1 unspecified atom stereocenters. The zero-order chi connectivity index (χ0) is 17.0. The first-order valence-corrected chi connectivity index (χ1v) is 10.5. The van der Waals surface area contributed by atoms with Gasteiger partial charge in [0.15, 0.2) is 0 Å². The molecule has 1 atom stereocenters. The van der Waals surface area contributed by atoms with Crippen LogP contribution in [0.2, 0.25) is 0 Å². The summed E-state index contributed by atoms with van der Waals surface area (Å²) in [4.78, 5) is 4.51. The molecular weight excluding hydrogens is 330 g/mol. The molecule has 0 aromatic carbocycles. The van der Waals surface area contributed by atoms with E-state index >= 15 is 0 Å². The number of thiophene rings is 1. The van der Waals surface area contributed by atoms with Gasteiger partial charge in [0.1, 0.15) is 4.21 Å². The maximum Gasteiger partial charge on any atom is 0.252 e. The quantitative estimate of drug-likeness (QED) is 0.748. The van der Waals surface area contributed by atoms with Gasteiger partial charge in [-0.25, -0.2) is 8.42 Å². The summed E-state index contributed by atoms with van der Waals surface area (Å²) in [5, 5.41) is 1.86. The lowest BCUT2D eigenvalue weighted by Gasteiger charge is -2.37. The van der Waals surface area contributed by atoms with Crippen molar-refractivity contribution in [2.75, 3.05) is 47.3 Å². The van der Waals surface area contributed by atoms with E-state index in [1.165, 1.54) is 11.3 Å². The zero-order valence-corrected chi connectivity index (χ0v) is 16.3. The van der Waals surface area contributed by atoms with Crippen LogP contribution in [0.25, 0.3) is 0 Å². The highest BCUT2D eigenvalue weighted by Gasteiger charge is 2.33. The maximum atomic E-state index is 12.9. The fourth-order valence-corrected chi connectivity index (χ4v) is 6.12. The summed E-state index contributed by atoms with van der Waals surface area (Å²) in [6, 6.07) is 2.20. The number of aryl methyl sites for hydroxylation is 1. The highest BCUT2D eigenvalue weighted by Crippen LogP contribution is 2.28. The second-order valence-electron chi connectivity index (χ2n) is 6.69. The van der Waals surface area contributed by atoms with E-state index in [2.05, 4.69) is 30.9 Å². The first-order chi connectivity index (χ1) is 10.8. The Morgan fingerprint density at radius 3 is 2.65 bits per heavy atom. The second-order valence-corrected chi connectivity index (χ2v) is 9.74. The van der Waals surface area contributed by atoms with Crippen molar-refractivity contribution >= 4 is 21.4 Å². The molecule has 0 radical (unpaired) electrons. The Morgan fingerprint density at radius 2 is 2.04 bits per heavy atom. The third-order valence-corrected chi connectivity index (χ3v) is 8.02. The van der Waals surface area contributed by atoms with Crippen LogP contribution in [0.5, 0.6) is 0 Å². The molecule has 0 aliphatic carbocycles. The monoisotopic (exact) mass is 359 g/mol. The zero-order valence-electron chi connectivity index (χ0n) is 14.7. The van der Waals surface area contributed by atoms with Crippen molar-refractivity contribution in [3.63, 3.8) is 0 Å². The van der Waals surface area contributed by atoms with Gasteiger partial charge < -0.3 is 9.80 Å². The number of hydrogen-bond acceptors (Lipinski definition) is 5. The van der Waals surface area contributed by atoms with Gasteiger partial charge in [0.05, 0.1) is 0 Å². The Labute approximate surface area is 144 Å². The lowest BCUT2D eigenvalue weighted by atomic mass is 10.1. The van der Waals surface area contributed by atoms with E-state index < -0.39 is 10.0 Å². The fourth-order valence-electron chi connectivity index (χ4n) is 3.06. The van der Waals surface area contributed by atoms with Gasteiger partial charge in [-0.2, -0.15) is 4.31 Å². The highest BCUT2D eigenvalue weighted by atomic mass is 32.2. The maximum absolute atomic E-state index is 12.9. The van der Waals surface area contributed by atoms with Crippen molar-refractivity contribution < 1.29 is 8.42 Å². The molecule has 7 heteroatoms. The SMILES string of the molecule is Cc1ccsc1S(=O)(=O)N1CCCC(N(C)CCCN(C)C)C1. The van der Waals surface area contributed by atoms with E-state index in [9.17, 15) is 8.42 Å². The van der Waals surface area contributed by atoms with Crippen molar-refractivity contribution in [2.24, 2.45) is 0 Å². The van der Waals surface area contributed by atoms with E-state index in [-0.39, 0.29) is 0 Å². The van der Waals surface area contributed by atoms with Crippen molar-refractivity contribution in [1.82, 2.24) is 14.1 Å². The molecule has 5 nitrogen and oxygen atoms in total. The van der Waals surface area contributed by atoms with Crippen LogP contribution in [0.1, 0.15) is 24.8 Å². The van der Waals surface area contributed by atoms with Gasteiger partial charge in [-0.1, -0.05) is 0 Å². The smallest absolute Gasteiger partial charge is 0.252 e. The molecule has 1 aliphatic heterocycles. The Bertz CT molecular complexity index is 598. The van der Waals surface area contributed by atoms with Gasteiger partial charge in [0.25, 0.3) is 10.0 Å². The molecule has 1 fully saturated rings. The molecule has 0 N–H and O–H groups in total. The molecule has 1 aromatic rings. The van der Waals surface area contributed by atoms with Gasteiger partial charge >= 0.3 is 0 Å². The van der Waals surface area contributed by atoms with Crippen LogP contribution in [0.4, 0.5) is 0 Å². The molecule has 23 heavy (non-hydrogen) atoms. The predicted octanol–water partition coefficient (Wildman–Crippen LogP) is 2.09. The summed E-state index contributed by atoms with van der Waals surface area (Å²) in [6.07, 6.45) is 3.12. The van der Waals surface area contributed by atoms with Crippen molar-refractivity contribution in [3.8, 4) is 0 Å². The summed E-state index contributed by atoms with van der Waals surface area (Å²) >= 11 is 1.33. The van der Waals surface area contributed by atoms with Crippen molar-refractivity contribution in [2.45, 2.75) is 36.4 Å². The van der Waals surface area contributed by atoms with E-state index in [0.29, 0.717) is 23.3 Å². The number of piperidine rings is 1. The van der Waals surface area contributed by atoms with Gasteiger partial charge in [-0.15, -0.1) is 11.3 Å². The molecule has 0 bridgehead atoms. The summed E-state index contributed by atoms with van der Waals surface area (Å²) in [7, 11) is 2.95. The van der Waals surface area contributed by atoms with Gasteiger partial charge in [0, 0.05) is 19.1 Å². The molecule has 2 heterocycles. The van der Waals surface area contributed by atoms with Crippen molar-refractivity contribution in [3.05, 3.63) is 17.0 Å². The standard InChI is InChI=1S/C16H29N3O2S2/c1-14-8-12-22-16(14)23(20,21)19-11-5-7-15(13-19)18(4)10-6-9-17(2)3/h8,12,15H,5-7,9-11,13H2,1-4H3. The van der Waals surface area contributed by atoms with Crippen LogP contribution in [0.3, 0.4) is 0 Å². The molecule has 1 aliphatic rings. The molecule has 1 aromatic heterocycles. The van der Waals surface area contributed by atoms with Gasteiger partial charge in [-0.3, -0.25) is 0 Å². The molecule has 132 valence electrons. The second kappa shape index (κ2) is 8.07. The Balaban J connectivity index is 1.99. The Morgan fingerprint density at radius 1 is 1.30 bits per heavy atom. The molecule has 0 spiro atoms. The molecule has 1 saturated heterocycles. The number of nitrogens with zero attached hydrogens (tertiary/aromatic N) is 3. The molecule has 0 amide bonds. The topological polar surface area (TPSA) is 43.9 Å². The van der Waals surface area contributed by atoms with Crippen LogP contribution in [0, 0.1) is 6.92 Å². The largest absolute Gasteiger partial charge is 0.309 e. The summed E-state index contributed by atoms with van der Waals surface area (Å²) < 4.78 is 27.9. The van der Waals surface area contributed by atoms with Crippen LogP contribution in [-0.4, -0.2) is 75.9 Å². The van der Waals surface area contributed by atoms with E-state index in [0.717, 1.165) is 37.9 Å². The van der Waals surface area contributed by atoms with Crippen LogP contribution < -0.4 is 0 Å². The minimum atomic E-state index is -3.33. The first-order valence-electron chi connectivity index (χ1n) is 8.21. The molecule has 0 saturated carbocycles. The average Bonchev–Trinajstić information content (AvgIpc) is 2.94. The third-order valence-electron chi connectivity index (χ3n) is 4.49. The lowest BCUT2D eigenvalue weighted by Crippen LogP contribution is -2.48. The van der Waals surface area contributed by atoms with Gasteiger partial charge in [0.2, 0.25) is 0 Å². The number of hydrogen-bond donors (Lipinski definition) is 0. The van der Waals surface area contributed by atoms with E-state index in [4.69, 9.17) is 0 Å². The Kier molecular flexibility index (Phi) is 6.62. The molecular formula is C16H29N3O2S2. The van der Waals surface area contributed by atoms with E-state index in [1.54, 1.807) is 4.31 Å². The summed E-state index contributed by atoms with van der Waals surface area (Å²) in [5.41, 5.74) is 0.858. The highest BCUT2D eigenvalue weighted by molar-refractivity contribution is 7.91.